The molecule has 0 aliphatic carbocycles. The van der Waals surface area contributed by atoms with Gasteiger partial charge in [0.2, 0.25) is 0 Å². The minimum absolute atomic E-state index is 0.109. The van der Waals surface area contributed by atoms with Gasteiger partial charge in [-0.25, -0.2) is 9.37 Å². The maximum Gasteiger partial charge on any atom is 0.165 e. The van der Waals surface area contributed by atoms with E-state index in [0.717, 1.165) is 16.3 Å². The Hall–Kier alpha value is -1.46. The van der Waals surface area contributed by atoms with Crippen molar-refractivity contribution in [2.24, 2.45) is 0 Å². The van der Waals surface area contributed by atoms with Gasteiger partial charge >= 0.3 is 0 Å². The Bertz CT molecular complexity index is 605. The molecule has 0 saturated carbocycles. The predicted molar refractivity (Wildman–Crippen MR) is 84.7 cm³/mol. The Morgan fingerprint density at radius 3 is 2.48 bits per heavy atom. The number of nitrogens with one attached hydrogen (secondary N) is 1. The lowest BCUT2D eigenvalue weighted by atomic mass is 10.1. The van der Waals surface area contributed by atoms with Crippen molar-refractivity contribution in [3.05, 3.63) is 45.2 Å². The molecule has 2 aromatic rings. The van der Waals surface area contributed by atoms with Crippen molar-refractivity contribution >= 4 is 11.3 Å². The summed E-state index contributed by atoms with van der Waals surface area (Å²) in [4.78, 5) is 5.80. The zero-order chi connectivity index (χ0) is 15.6. The summed E-state index contributed by atoms with van der Waals surface area (Å²) in [6, 6.07) is 5.22. The number of nitrogens with zero attached hydrogens (tertiary/aromatic N) is 1. The molecule has 0 bridgehead atoms. The van der Waals surface area contributed by atoms with Crippen LogP contribution in [0.1, 0.15) is 41.0 Å². The molecule has 1 aromatic carbocycles. The fourth-order valence-electron chi connectivity index (χ4n) is 2.13. The van der Waals surface area contributed by atoms with Crippen LogP contribution in [0, 0.1) is 19.7 Å². The minimum atomic E-state index is -0.351. The highest BCUT2D eigenvalue weighted by atomic mass is 32.1. The number of aryl methyl sites for hydroxylation is 2. The molecule has 0 saturated heterocycles. The van der Waals surface area contributed by atoms with Gasteiger partial charge in [-0.05, 0) is 45.4 Å². The van der Waals surface area contributed by atoms with Crippen LogP contribution in [0.3, 0.4) is 0 Å². The van der Waals surface area contributed by atoms with Crippen molar-refractivity contribution in [2.75, 3.05) is 7.11 Å². The fraction of sp³-hybridized carbons (Fsp3) is 0.438. The number of methoxy groups -OCH3 is 1. The van der Waals surface area contributed by atoms with Gasteiger partial charge in [0.15, 0.2) is 11.6 Å². The van der Waals surface area contributed by atoms with Gasteiger partial charge in [-0.2, -0.15) is 0 Å². The first-order valence-electron chi connectivity index (χ1n) is 6.95. The van der Waals surface area contributed by atoms with E-state index in [1.807, 2.05) is 13.0 Å². The monoisotopic (exact) mass is 308 g/mol. The van der Waals surface area contributed by atoms with E-state index in [2.05, 4.69) is 31.1 Å². The number of benzene rings is 1. The van der Waals surface area contributed by atoms with Crippen LogP contribution >= 0.6 is 11.3 Å². The lowest BCUT2D eigenvalue weighted by Crippen LogP contribution is -2.29. The van der Waals surface area contributed by atoms with E-state index in [-0.39, 0.29) is 23.7 Å². The van der Waals surface area contributed by atoms with Crippen molar-refractivity contribution in [2.45, 2.75) is 39.8 Å². The van der Waals surface area contributed by atoms with Crippen LogP contribution in [0.5, 0.6) is 5.75 Å². The average molecular weight is 308 g/mol. The maximum absolute atomic E-state index is 14.0. The summed E-state index contributed by atoms with van der Waals surface area (Å²) in [5.41, 5.74) is 1.88. The zero-order valence-electron chi connectivity index (χ0n) is 13.0. The largest absolute Gasteiger partial charge is 0.494 e. The average Bonchev–Trinajstić information content (AvgIpc) is 2.75. The zero-order valence-corrected chi connectivity index (χ0v) is 13.8. The Labute approximate surface area is 129 Å². The van der Waals surface area contributed by atoms with Crippen LogP contribution < -0.4 is 10.1 Å². The summed E-state index contributed by atoms with van der Waals surface area (Å²) in [5.74, 6) is -0.0934. The third kappa shape index (κ3) is 3.60. The smallest absolute Gasteiger partial charge is 0.165 e. The number of hydrogen-bond acceptors (Lipinski definition) is 4. The van der Waals surface area contributed by atoms with Crippen LogP contribution in [0.15, 0.2) is 18.2 Å². The number of hydrogen-bond donors (Lipinski definition) is 1. The number of aromatic nitrogens is 1. The summed E-state index contributed by atoms with van der Waals surface area (Å²) in [6.07, 6.45) is 0. The van der Waals surface area contributed by atoms with Crippen molar-refractivity contribution in [3.8, 4) is 5.75 Å². The summed E-state index contributed by atoms with van der Waals surface area (Å²) in [5, 5.41) is 4.42. The fourth-order valence-corrected chi connectivity index (χ4v) is 3.14. The highest BCUT2D eigenvalue weighted by Crippen LogP contribution is 2.30. The Kier molecular flexibility index (Phi) is 4.96. The van der Waals surface area contributed by atoms with Crippen molar-refractivity contribution in [1.82, 2.24) is 10.3 Å². The molecule has 1 unspecified atom stereocenters. The van der Waals surface area contributed by atoms with Crippen LogP contribution in [0.2, 0.25) is 0 Å². The number of halogens is 1. The molecule has 0 amide bonds. The highest BCUT2D eigenvalue weighted by molar-refractivity contribution is 7.11. The standard InChI is InChI=1S/C16H21FN2OS/c1-9(2)18-15(16-19-10(3)11(4)21-16)12-6-7-14(20-5)13(17)8-12/h6-9,15,18H,1-5H3. The molecule has 21 heavy (non-hydrogen) atoms. The van der Waals surface area contributed by atoms with Crippen molar-refractivity contribution in [3.63, 3.8) is 0 Å². The third-order valence-electron chi connectivity index (χ3n) is 3.30. The molecule has 0 spiro atoms. The Morgan fingerprint density at radius 1 is 1.29 bits per heavy atom. The highest BCUT2D eigenvalue weighted by Gasteiger charge is 2.21. The first-order valence-corrected chi connectivity index (χ1v) is 7.77. The molecule has 0 aliphatic rings. The van der Waals surface area contributed by atoms with Gasteiger partial charge < -0.3 is 10.1 Å². The first-order chi connectivity index (χ1) is 9.92. The van der Waals surface area contributed by atoms with Gasteiger partial charge in [0.25, 0.3) is 0 Å². The van der Waals surface area contributed by atoms with E-state index >= 15 is 0 Å². The molecule has 0 fully saturated rings. The van der Waals surface area contributed by atoms with Gasteiger partial charge in [-0.3, -0.25) is 0 Å². The second-order valence-electron chi connectivity index (χ2n) is 5.34. The third-order valence-corrected chi connectivity index (χ3v) is 4.44. The second-order valence-corrected chi connectivity index (χ2v) is 6.58. The van der Waals surface area contributed by atoms with E-state index in [0.29, 0.717) is 0 Å². The van der Waals surface area contributed by atoms with E-state index in [9.17, 15) is 4.39 Å². The first kappa shape index (κ1) is 15.9. The second kappa shape index (κ2) is 6.54. The lowest BCUT2D eigenvalue weighted by Gasteiger charge is -2.20. The summed E-state index contributed by atoms with van der Waals surface area (Å²) >= 11 is 1.65. The van der Waals surface area contributed by atoms with Gasteiger partial charge in [0.05, 0.1) is 18.8 Å². The van der Waals surface area contributed by atoms with Gasteiger partial charge in [0, 0.05) is 10.9 Å². The summed E-state index contributed by atoms with van der Waals surface area (Å²) in [7, 11) is 1.47. The lowest BCUT2D eigenvalue weighted by molar-refractivity contribution is 0.385. The number of thiazole rings is 1. The normalized spacial score (nSPS) is 12.7. The van der Waals surface area contributed by atoms with E-state index in [1.165, 1.54) is 18.1 Å². The topological polar surface area (TPSA) is 34.1 Å². The molecular formula is C16H21FN2OS. The van der Waals surface area contributed by atoms with Gasteiger partial charge in [0.1, 0.15) is 5.01 Å². The van der Waals surface area contributed by atoms with Crippen LogP contribution in [-0.2, 0) is 0 Å². The molecule has 5 heteroatoms. The molecular weight excluding hydrogens is 287 g/mol. The molecule has 3 nitrogen and oxygen atoms in total. The molecule has 1 atom stereocenters. The van der Waals surface area contributed by atoms with E-state index < -0.39 is 0 Å². The number of ether oxygens (including phenoxy) is 1. The minimum Gasteiger partial charge on any atom is -0.494 e. The molecule has 0 aliphatic heterocycles. The molecule has 2 rings (SSSR count). The van der Waals surface area contributed by atoms with Gasteiger partial charge in [-0.1, -0.05) is 6.07 Å². The van der Waals surface area contributed by atoms with Crippen molar-refractivity contribution in [1.29, 1.82) is 0 Å². The van der Waals surface area contributed by atoms with E-state index in [4.69, 9.17) is 4.74 Å². The molecule has 1 heterocycles. The van der Waals surface area contributed by atoms with Crippen molar-refractivity contribution < 1.29 is 9.13 Å². The molecule has 1 N–H and O–H groups in total. The van der Waals surface area contributed by atoms with Gasteiger partial charge in [-0.15, -0.1) is 11.3 Å². The summed E-state index contributed by atoms with van der Waals surface area (Å²) < 4.78 is 19.0. The van der Waals surface area contributed by atoms with Crippen LogP contribution in [-0.4, -0.2) is 18.1 Å². The van der Waals surface area contributed by atoms with E-state index in [1.54, 1.807) is 17.4 Å². The molecule has 114 valence electrons. The van der Waals surface area contributed by atoms with Crippen LogP contribution in [0.4, 0.5) is 4.39 Å². The Morgan fingerprint density at radius 2 is 2.00 bits per heavy atom. The predicted octanol–water partition coefficient (Wildman–Crippen LogP) is 4.00. The van der Waals surface area contributed by atoms with Crippen LogP contribution in [0.25, 0.3) is 0 Å². The summed E-state index contributed by atoms with van der Waals surface area (Å²) in [6.45, 7) is 8.19. The number of rotatable bonds is 5. The molecule has 1 aromatic heterocycles. The molecule has 0 radical (unpaired) electrons. The quantitative estimate of drug-likeness (QED) is 0.906. The SMILES string of the molecule is COc1ccc(C(NC(C)C)c2nc(C)c(C)s2)cc1F. The maximum atomic E-state index is 14.0. The Balaban J connectivity index is 2.42.